The maximum absolute atomic E-state index is 12.8. The molecule has 1 aromatic heterocycles. The van der Waals surface area contributed by atoms with E-state index in [1.807, 2.05) is 61.5 Å². The van der Waals surface area contributed by atoms with Crippen molar-refractivity contribution in [2.24, 2.45) is 0 Å². The Kier molecular flexibility index (Phi) is 5.81. The quantitative estimate of drug-likeness (QED) is 0.655. The molecule has 1 unspecified atom stereocenters. The summed E-state index contributed by atoms with van der Waals surface area (Å²) in [5.74, 6) is 0.913. The van der Waals surface area contributed by atoms with Crippen molar-refractivity contribution in [2.45, 2.75) is 33.2 Å². The van der Waals surface area contributed by atoms with Gasteiger partial charge in [-0.1, -0.05) is 55.0 Å². The Morgan fingerprint density at radius 1 is 1.04 bits per heavy atom. The molecule has 0 saturated carbocycles. The third kappa shape index (κ3) is 4.91. The average Bonchev–Trinajstić information content (AvgIpc) is 2.70. The lowest BCUT2D eigenvalue weighted by atomic mass is 10.2. The van der Waals surface area contributed by atoms with Crippen LogP contribution >= 0.6 is 0 Å². The van der Waals surface area contributed by atoms with Gasteiger partial charge in [0, 0.05) is 23.4 Å². The van der Waals surface area contributed by atoms with Crippen molar-refractivity contribution in [3.05, 3.63) is 71.9 Å². The summed E-state index contributed by atoms with van der Waals surface area (Å²) in [5, 5.41) is 6.24. The fraction of sp³-hybridized carbons (Fsp3) is 0.227. The summed E-state index contributed by atoms with van der Waals surface area (Å²) in [4.78, 5) is 21.8. The van der Waals surface area contributed by atoms with Crippen LogP contribution in [0.5, 0.6) is 0 Å². The van der Waals surface area contributed by atoms with Crippen molar-refractivity contribution in [3.63, 3.8) is 0 Å². The zero-order valence-electron chi connectivity index (χ0n) is 15.9. The van der Waals surface area contributed by atoms with Crippen LogP contribution in [-0.2, 0) is 0 Å². The summed E-state index contributed by atoms with van der Waals surface area (Å²) in [5.41, 5.74) is 3.08. The number of amides is 1. The van der Waals surface area contributed by atoms with E-state index in [0.717, 1.165) is 23.2 Å². The molecule has 2 N–H and O–H groups in total. The zero-order chi connectivity index (χ0) is 19.2. The number of hydrogen-bond acceptors (Lipinski definition) is 4. The van der Waals surface area contributed by atoms with Gasteiger partial charge in [0.25, 0.3) is 5.91 Å². The van der Waals surface area contributed by atoms with Gasteiger partial charge in [0.15, 0.2) is 5.82 Å². The predicted octanol–water partition coefficient (Wildman–Crippen LogP) is 4.91. The number of rotatable bonds is 6. The molecule has 0 saturated heterocycles. The third-order valence-corrected chi connectivity index (χ3v) is 4.31. The van der Waals surface area contributed by atoms with Crippen LogP contribution in [0.3, 0.4) is 0 Å². The highest BCUT2D eigenvalue weighted by molar-refractivity contribution is 6.03. The van der Waals surface area contributed by atoms with Crippen molar-refractivity contribution in [3.8, 4) is 11.4 Å². The van der Waals surface area contributed by atoms with Gasteiger partial charge in [0.2, 0.25) is 0 Å². The van der Waals surface area contributed by atoms with E-state index < -0.39 is 0 Å². The molecule has 0 aliphatic heterocycles. The number of aryl methyl sites for hydroxylation is 1. The highest BCUT2D eigenvalue weighted by Crippen LogP contribution is 2.19. The lowest BCUT2D eigenvalue weighted by Gasteiger charge is -2.14. The van der Waals surface area contributed by atoms with E-state index in [-0.39, 0.29) is 11.9 Å². The molecule has 0 aliphatic carbocycles. The zero-order valence-corrected chi connectivity index (χ0v) is 15.9. The van der Waals surface area contributed by atoms with Crippen molar-refractivity contribution in [2.75, 3.05) is 10.6 Å². The average molecular weight is 360 g/mol. The van der Waals surface area contributed by atoms with Gasteiger partial charge >= 0.3 is 0 Å². The molecule has 3 aromatic rings. The molecule has 2 aromatic carbocycles. The van der Waals surface area contributed by atoms with Crippen molar-refractivity contribution >= 4 is 17.4 Å². The van der Waals surface area contributed by atoms with Gasteiger partial charge in [-0.25, -0.2) is 9.97 Å². The third-order valence-electron chi connectivity index (χ3n) is 4.31. The first-order chi connectivity index (χ1) is 13.0. The largest absolute Gasteiger partial charge is 0.367 e. The van der Waals surface area contributed by atoms with Gasteiger partial charge in [-0.15, -0.1) is 0 Å². The van der Waals surface area contributed by atoms with E-state index in [2.05, 4.69) is 34.4 Å². The van der Waals surface area contributed by atoms with E-state index in [4.69, 9.17) is 0 Å². The minimum Gasteiger partial charge on any atom is -0.367 e. The molecule has 0 fully saturated rings. The Morgan fingerprint density at radius 3 is 2.41 bits per heavy atom. The molecule has 0 aliphatic rings. The van der Waals surface area contributed by atoms with Gasteiger partial charge in [0.05, 0.1) is 0 Å². The van der Waals surface area contributed by atoms with E-state index in [1.165, 1.54) is 0 Å². The summed E-state index contributed by atoms with van der Waals surface area (Å²) < 4.78 is 0. The molecule has 138 valence electrons. The minimum absolute atomic E-state index is 0.247. The fourth-order valence-corrected chi connectivity index (χ4v) is 2.54. The first-order valence-electron chi connectivity index (χ1n) is 9.14. The number of hydrogen-bond donors (Lipinski definition) is 2. The van der Waals surface area contributed by atoms with E-state index in [9.17, 15) is 4.79 Å². The molecule has 5 heteroatoms. The number of benzene rings is 2. The molecule has 5 nitrogen and oxygen atoms in total. The van der Waals surface area contributed by atoms with Crippen LogP contribution < -0.4 is 10.6 Å². The Hall–Kier alpha value is -3.21. The van der Waals surface area contributed by atoms with Crippen molar-refractivity contribution in [1.29, 1.82) is 0 Å². The minimum atomic E-state index is -0.259. The van der Waals surface area contributed by atoms with Crippen molar-refractivity contribution in [1.82, 2.24) is 9.97 Å². The summed E-state index contributed by atoms with van der Waals surface area (Å²) in [6, 6.07) is 19.3. The molecule has 3 rings (SSSR count). The van der Waals surface area contributed by atoms with Crippen LogP contribution in [0.15, 0.2) is 60.7 Å². The first-order valence-corrected chi connectivity index (χ1v) is 9.14. The second-order valence-electron chi connectivity index (χ2n) is 6.60. The Balaban J connectivity index is 1.93. The van der Waals surface area contributed by atoms with Crippen LogP contribution in [0.2, 0.25) is 0 Å². The fourth-order valence-electron chi connectivity index (χ4n) is 2.54. The molecular weight excluding hydrogens is 336 g/mol. The highest BCUT2D eigenvalue weighted by Gasteiger charge is 2.14. The molecular formula is C22H24N4O. The number of carbonyl (C=O) groups excluding carboxylic acids is 1. The van der Waals surface area contributed by atoms with E-state index in [1.54, 1.807) is 6.07 Å². The number of nitrogens with one attached hydrogen (secondary N) is 2. The smallest absolute Gasteiger partial charge is 0.274 e. The molecule has 27 heavy (non-hydrogen) atoms. The van der Waals surface area contributed by atoms with Crippen LogP contribution in [-0.4, -0.2) is 21.9 Å². The molecule has 0 bridgehead atoms. The summed E-state index contributed by atoms with van der Waals surface area (Å²) >= 11 is 0. The highest BCUT2D eigenvalue weighted by atomic mass is 16.1. The first kappa shape index (κ1) is 18.6. The molecule has 0 spiro atoms. The maximum Gasteiger partial charge on any atom is 0.274 e. The van der Waals surface area contributed by atoms with Gasteiger partial charge in [-0.05, 0) is 32.4 Å². The summed E-state index contributed by atoms with van der Waals surface area (Å²) in [6.07, 6.45) is 0.954. The van der Waals surface area contributed by atoms with Gasteiger partial charge in [-0.3, -0.25) is 4.79 Å². The monoisotopic (exact) mass is 360 g/mol. The summed E-state index contributed by atoms with van der Waals surface area (Å²) in [6.45, 7) is 6.19. The van der Waals surface area contributed by atoms with Crippen LogP contribution in [0, 0.1) is 6.92 Å². The maximum atomic E-state index is 12.8. The van der Waals surface area contributed by atoms with Crippen LogP contribution in [0.4, 0.5) is 11.5 Å². The van der Waals surface area contributed by atoms with Gasteiger partial charge < -0.3 is 10.6 Å². The Bertz CT molecular complexity index is 907. The Labute approximate surface area is 159 Å². The number of nitrogens with zero attached hydrogens (tertiary/aromatic N) is 2. The van der Waals surface area contributed by atoms with E-state index in [0.29, 0.717) is 17.3 Å². The van der Waals surface area contributed by atoms with E-state index >= 15 is 0 Å². The normalized spacial score (nSPS) is 11.7. The van der Waals surface area contributed by atoms with Gasteiger partial charge in [0.1, 0.15) is 11.5 Å². The molecule has 0 radical (unpaired) electrons. The number of aromatic nitrogens is 2. The number of anilines is 2. The Morgan fingerprint density at radius 2 is 1.74 bits per heavy atom. The summed E-state index contributed by atoms with van der Waals surface area (Å²) in [7, 11) is 0. The van der Waals surface area contributed by atoms with Crippen LogP contribution in [0.1, 0.15) is 36.3 Å². The van der Waals surface area contributed by atoms with Crippen molar-refractivity contribution < 1.29 is 4.79 Å². The topological polar surface area (TPSA) is 66.9 Å². The van der Waals surface area contributed by atoms with Gasteiger partial charge in [-0.2, -0.15) is 0 Å². The second-order valence-corrected chi connectivity index (χ2v) is 6.60. The van der Waals surface area contributed by atoms with Crippen LogP contribution in [0.25, 0.3) is 11.4 Å². The SMILES string of the molecule is CCC(C)Nc1cc(C(=O)Nc2ccc(C)cc2)nc(-c2ccccc2)n1. The predicted molar refractivity (Wildman–Crippen MR) is 110 cm³/mol. The standard InChI is InChI=1S/C22H24N4O/c1-4-16(3)23-20-14-19(22(27)24-18-12-10-15(2)11-13-18)25-21(26-20)17-8-6-5-7-9-17/h5-14,16H,4H2,1-3H3,(H,24,27)(H,23,25,26). The lowest BCUT2D eigenvalue weighted by molar-refractivity contribution is 0.102. The second kappa shape index (κ2) is 8.45. The molecule has 1 atom stereocenters. The lowest BCUT2D eigenvalue weighted by Crippen LogP contribution is -2.18. The molecule has 1 amide bonds. The number of carbonyl (C=O) groups is 1. The molecule has 1 heterocycles.